The monoisotopic (exact) mass is 222 g/mol. The van der Waals surface area contributed by atoms with Gasteiger partial charge in [0.15, 0.2) is 5.96 Å². The second kappa shape index (κ2) is 5.54. The number of hydrogen-bond acceptors (Lipinski definition) is 3. The van der Waals surface area contributed by atoms with E-state index in [-0.39, 0.29) is 11.9 Å². The molecule has 0 amide bonds. The quantitative estimate of drug-likeness (QED) is 0.455. The third kappa shape index (κ3) is 3.82. The summed E-state index contributed by atoms with van der Waals surface area (Å²) in [7, 11) is 1.54. The minimum absolute atomic E-state index is 0.0378. The van der Waals surface area contributed by atoms with Gasteiger partial charge < -0.3 is 21.9 Å². The van der Waals surface area contributed by atoms with E-state index >= 15 is 0 Å². The largest absolute Gasteiger partial charge is 0.481 e. The molecule has 0 aliphatic rings. The highest BCUT2D eigenvalue weighted by Crippen LogP contribution is 2.09. The Kier molecular flexibility index (Phi) is 4.07. The molecule has 0 fully saturated rings. The van der Waals surface area contributed by atoms with Gasteiger partial charge in [0.2, 0.25) is 11.8 Å². The van der Waals surface area contributed by atoms with Gasteiger partial charge in [-0.3, -0.25) is 0 Å². The van der Waals surface area contributed by atoms with Gasteiger partial charge in [-0.05, 0) is 11.6 Å². The van der Waals surface area contributed by atoms with Gasteiger partial charge in [0, 0.05) is 12.3 Å². The molecule has 0 aliphatic carbocycles. The number of aromatic nitrogens is 1. The fourth-order valence-electron chi connectivity index (χ4n) is 1.00. The van der Waals surface area contributed by atoms with E-state index < -0.39 is 0 Å². The number of nitrogens with zero attached hydrogens (tertiary/aromatic N) is 3. The summed E-state index contributed by atoms with van der Waals surface area (Å²) in [4.78, 5) is 11.5. The Morgan fingerprint density at radius 3 is 2.81 bits per heavy atom. The molecule has 0 spiro atoms. The van der Waals surface area contributed by atoms with Crippen LogP contribution in [0.15, 0.2) is 28.3 Å². The van der Waals surface area contributed by atoms with Crippen molar-refractivity contribution >= 4 is 11.9 Å². The van der Waals surface area contributed by atoms with Gasteiger partial charge >= 0.3 is 0 Å². The molecule has 0 bridgehead atoms. The normalized spacial score (nSPS) is 10.9. The van der Waals surface area contributed by atoms with Crippen LogP contribution in [0, 0.1) is 0 Å². The van der Waals surface area contributed by atoms with E-state index in [4.69, 9.17) is 21.9 Å². The molecule has 0 aliphatic heterocycles. The van der Waals surface area contributed by atoms with E-state index in [1.807, 2.05) is 0 Å². The van der Waals surface area contributed by atoms with E-state index in [0.717, 1.165) is 5.56 Å². The first-order chi connectivity index (χ1) is 7.61. The maximum Gasteiger partial charge on any atom is 0.218 e. The number of ether oxygens (including phenoxy) is 1. The molecule has 0 saturated carbocycles. The number of rotatable bonds is 3. The summed E-state index contributed by atoms with van der Waals surface area (Å²) in [6, 6.07) is 3.56. The highest BCUT2D eigenvalue weighted by Gasteiger charge is 1.96. The molecular weight excluding hydrogens is 208 g/mol. The summed E-state index contributed by atoms with van der Waals surface area (Å²) in [5.74, 6) is 0.442. The second-order valence-corrected chi connectivity index (χ2v) is 2.92. The SMILES string of the molecule is COc1cc(CN=C(N)N=C(N)N)ccn1. The first kappa shape index (κ1) is 11.8. The number of pyridine rings is 1. The summed E-state index contributed by atoms with van der Waals surface area (Å²) in [5.41, 5.74) is 16.6. The molecule has 1 aromatic rings. The van der Waals surface area contributed by atoms with Gasteiger partial charge in [0.25, 0.3) is 0 Å². The van der Waals surface area contributed by atoms with Crippen molar-refractivity contribution in [2.45, 2.75) is 6.54 Å². The number of guanidine groups is 2. The lowest BCUT2D eigenvalue weighted by Gasteiger charge is -2.00. The fourth-order valence-corrected chi connectivity index (χ4v) is 1.00. The molecule has 7 nitrogen and oxygen atoms in total. The molecule has 16 heavy (non-hydrogen) atoms. The molecule has 0 saturated heterocycles. The van der Waals surface area contributed by atoms with Crippen LogP contribution >= 0.6 is 0 Å². The Morgan fingerprint density at radius 1 is 1.44 bits per heavy atom. The van der Waals surface area contributed by atoms with E-state index in [1.54, 1.807) is 25.4 Å². The van der Waals surface area contributed by atoms with Crippen LogP contribution in [0.5, 0.6) is 5.88 Å². The molecule has 6 N–H and O–H groups in total. The number of hydrogen-bond donors (Lipinski definition) is 3. The zero-order chi connectivity index (χ0) is 12.0. The first-order valence-electron chi connectivity index (χ1n) is 4.50. The first-order valence-corrected chi connectivity index (χ1v) is 4.50. The average molecular weight is 222 g/mol. The Hall–Kier alpha value is -2.31. The highest BCUT2D eigenvalue weighted by atomic mass is 16.5. The summed E-state index contributed by atoms with van der Waals surface area (Å²) in [6.45, 7) is 0.363. The summed E-state index contributed by atoms with van der Waals surface area (Å²) < 4.78 is 4.97. The molecule has 7 heteroatoms. The zero-order valence-electron chi connectivity index (χ0n) is 8.92. The Labute approximate surface area is 93.0 Å². The number of methoxy groups -OCH3 is 1. The third-order valence-corrected chi connectivity index (χ3v) is 1.68. The molecule has 1 rings (SSSR count). The molecule has 0 radical (unpaired) electrons. The fraction of sp³-hybridized carbons (Fsp3) is 0.222. The zero-order valence-corrected chi connectivity index (χ0v) is 8.92. The molecule has 1 heterocycles. The maximum atomic E-state index is 5.45. The summed E-state index contributed by atoms with van der Waals surface area (Å²) in [5, 5.41) is 0. The number of nitrogens with two attached hydrogens (primary N) is 3. The van der Waals surface area contributed by atoms with Gasteiger partial charge in [0.1, 0.15) is 0 Å². The molecule has 1 aromatic heterocycles. The van der Waals surface area contributed by atoms with Crippen LogP contribution in [-0.4, -0.2) is 24.0 Å². The predicted molar refractivity (Wildman–Crippen MR) is 61.9 cm³/mol. The third-order valence-electron chi connectivity index (χ3n) is 1.68. The van der Waals surface area contributed by atoms with Crippen molar-refractivity contribution < 1.29 is 4.74 Å². The minimum atomic E-state index is -0.117. The van der Waals surface area contributed by atoms with Gasteiger partial charge in [-0.2, -0.15) is 4.99 Å². The second-order valence-electron chi connectivity index (χ2n) is 2.92. The molecule has 86 valence electrons. The van der Waals surface area contributed by atoms with Gasteiger partial charge in [-0.1, -0.05) is 0 Å². The standard InChI is InChI=1S/C9H14N6O/c1-16-7-4-6(2-3-13-7)5-14-9(12)15-8(10)11/h2-4H,5H2,1H3,(H6,10,11,12,14,15). The maximum absolute atomic E-state index is 5.45. The van der Waals surface area contributed by atoms with E-state index in [9.17, 15) is 0 Å². The minimum Gasteiger partial charge on any atom is -0.481 e. The van der Waals surface area contributed by atoms with Crippen LogP contribution in [0.2, 0.25) is 0 Å². The Balaban J connectivity index is 2.70. The van der Waals surface area contributed by atoms with Gasteiger partial charge in [-0.15, -0.1) is 0 Å². The van der Waals surface area contributed by atoms with Gasteiger partial charge in [0.05, 0.1) is 13.7 Å². The molecule has 0 unspecified atom stereocenters. The van der Waals surface area contributed by atoms with Crippen molar-refractivity contribution in [1.29, 1.82) is 0 Å². The highest BCUT2D eigenvalue weighted by molar-refractivity contribution is 5.92. The smallest absolute Gasteiger partial charge is 0.218 e. The van der Waals surface area contributed by atoms with Crippen molar-refractivity contribution in [3.8, 4) is 5.88 Å². The van der Waals surface area contributed by atoms with Crippen LogP contribution in [0.25, 0.3) is 0 Å². The van der Waals surface area contributed by atoms with Gasteiger partial charge in [-0.25, -0.2) is 9.98 Å². The number of aliphatic imine (C=N–C) groups is 2. The molecule has 0 aromatic carbocycles. The van der Waals surface area contributed by atoms with E-state index in [0.29, 0.717) is 12.4 Å². The van der Waals surface area contributed by atoms with Crippen molar-refractivity contribution in [3.63, 3.8) is 0 Å². The van der Waals surface area contributed by atoms with Crippen LogP contribution in [0.4, 0.5) is 0 Å². The lowest BCUT2D eigenvalue weighted by atomic mass is 10.3. The lowest BCUT2D eigenvalue weighted by molar-refractivity contribution is 0.397. The Bertz CT molecular complexity index is 410. The average Bonchev–Trinajstić information content (AvgIpc) is 2.26. The van der Waals surface area contributed by atoms with Crippen LogP contribution in [0.1, 0.15) is 5.56 Å². The van der Waals surface area contributed by atoms with E-state index in [2.05, 4.69) is 15.0 Å². The van der Waals surface area contributed by atoms with Crippen molar-refractivity contribution in [2.24, 2.45) is 27.2 Å². The Morgan fingerprint density at radius 2 is 2.19 bits per heavy atom. The topological polar surface area (TPSA) is 125 Å². The van der Waals surface area contributed by atoms with E-state index in [1.165, 1.54) is 0 Å². The van der Waals surface area contributed by atoms with Crippen LogP contribution in [-0.2, 0) is 6.54 Å². The molecular formula is C9H14N6O. The van der Waals surface area contributed by atoms with Crippen molar-refractivity contribution in [2.75, 3.05) is 7.11 Å². The van der Waals surface area contributed by atoms with Crippen LogP contribution in [0.3, 0.4) is 0 Å². The van der Waals surface area contributed by atoms with Crippen molar-refractivity contribution in [3.05, 3.63) is 23.9 Å². The predicted octanol–water partition coefficient (Wildman–Crippen LogP) is -0.822. The summed E-state index contributed by atoms with van der Waals surface area (Å²) in [6.07, 6.45) is 1.63. The van der Waals surface area contributed by atoms with Crippen molar-refractivity contribution in [1.82, 2.24) is 4.98 Å². The van der Waals surface area contributed by atoms with Crippen LogP contribution < -0.4 is 21.9 Å². The lowest BCUT2D eigenvalue weighted by Crippen LogP contribution is -2.26. The molecule has 0 atom stereocenters. The summed E-state index contributed by atoms with van der Waals surface area (Å²) >= 11 is 0.